The van der Waals surface area contributed by atoms with Crippen LogP contribution in [-0.2, 0) is 0 Å². The van der Waals surface area contributed by atoms with Gasteiger partial charge in [0, 0.05) is 17.2 Å². The van der Waals surface area contributed by atoms with Crippen LogP contribution in [0.25, 0.3) is 0 Å². The molecule has 0 saturated carbocycles. The molecule has 1 aromatic rings. The molecular formula is C16H20ClNO. The second-order valence-electron chi connectivity index (χ2n) is 5.62. The van der Waals surface area contributed by atoms with E-state index in [4.69, 9.17) is 11.6 Å². The van der Waals surface area contributed by atoms with E-state index < -0.39 is 5.60 Å². The van der Waals surface area contributed by atoms with Crippen LogP contribution in [0.2, 0.25) is 5.02 Å². The molecule has 0 radical (unpaired) electrons. The standard InChI is InChI=1S/C16H20ClNO/c1-4-16(10-5-11-18-16)14(15(2,3)19)12-6-8-13(17)9-7-12/h5-11,14,19H,4H2,1-3H3. The summed E-state index contributed by atoms with van der Waals surface area (Å²) in [5.74, 6) is -0.0998. The Morgan fingerprint density at radius 2 is 1.95 bits per heavy atom. The van der Waals surface area contributed by atoms with Crippen LogP contribution in [0.3, 0.4) is 0 Å². The summed E-state index contributed by atoms with van der Waals surface area (Å²) in [5, 5.41) is 11.3. The average Bonchev–Trinajstić information content (AvgIpc) is 2.80. The molecule has 0 bridgehead atoms. The first-order valence-electron chi connectivity index (χ1n) is 6.60. The summed E-state index contributed by atoms with van der Waals surface area (Å²) in [7, 11) is 0. The van der Waals surface area contributed by atoms with Gasteiger partial charge >= 0.3 is 0 Å². The molecule has 2 unspecified atom stereocenters. The van der Waals surface area contributed by atoms with Crippen LogP contribution in [-0.4, -0.2) is 22.5 Å². The Balaban J connectivity index is 2.51. The average molecular weight is 278 g/mol. The first kappa shape index (κ1) is 14.3. The molecule has 3 heteroatoms. The van der Waals surface area contributed by atoms with Gasteiger partial charge in [0.2, 0.25) is 0 Å². The number of rotatable bonds is 4. The minimum Gasteiger partial charge on any atom is -0.390 e. The summed E-state index contributed by atoms with van der Waals surface area (Å²) in [5.41, 5.74) is -0.176. The molecule has 0 saturated heterocycles. The highest BCUT2D eigenvalue weighted by Gasteiger charge is 2.44. The lowest BCUT2D eigenvalue weighted by molar-refractivity contribution is 0.0283. The molecule has 2 rings (SSSR count). The Bertz CT molecular complexity index is 484. The Morgan fingerprint density at radius 1 is 1.32 bits per heavy atom. The summed E-state index contributed by atoms with van der Waals surface area (Å²) in [6.45, 7) is 5.78. The van der Waals surface area contributed by atoms with Crippen LogP contribution in [0.1, 0.15) is 38.7 Å². The molecule has 0 fully saturated rings. The number of allylic oxidation sites excluding steroid dienone is 1. The zero-order valence-corrected chi connectivity index (χ0v) is 12.4. The number of aliphatic hydroxyl groups is 1. The second kappa shape index (κ2) is 5.10. The largest absolute Gasteiger partial charge is 0.390 e. The zero-order chi connectivity index (χ0) is 14.1. The third kappa shape index (κ3) is 2.75. The van der Waals surface area contributed by atoms with Gasteiger partial charge in [-0.2, -0.15) is 0 Å². The lowest BCUT2D eigenvalue weighted by atomic mass is 9.70. The summed E-state index contributed by atoms with van der Waals surface area (Å²) in [6, 6.07) is 7.68. The van der Waals surface area contributed by atoms with Gasteiger partial charge in [-0.3, -0.25) is 4.99 Å². The lowest BCUT2D eigenvalue weighted by Gasteiger charge is -2.41. The fraction of sp³-hybridized carbons (Fsp3) is 0.438. The van der Waals surface area contributed by atoms with Gasteiger partial charge in [-0.15, -0.1) is 0 Å². The molecule has 0 aliphatic carbocycles. The molecule has 1 aliphatic heterocycles. The van der Waals surface area contributed by atoms with Crippen molar-refractivity contribution in [2.45, 2.75) is 44.2 Å². The third-order valence-corrected chi connectivity index (χ3v) is 4.01. The van der Waals surface area contributed by atoms with E-state index in [2.05, 4.69) is 18.0 Å². The molecule has 1 aromatic carbocycles. The Morgan fingerprint density at radius 3 is 2.37 bits per heavy atom. The van der Waals surface area contributed by atoms with Gasteiger partial charge in [0.15, 0.2) is 0 Å². The number of nitrogens with zero attached hydrogens (tertiary/aromatic N) is 1. The molecule has 1 heterocycles. The minimum atomic E-state index is -0.865. The third-order valence-electron chi connectivity index (χ3n) is 3.76. The first-order chi connectivity index (χ1) is 8.89. The van der Waals surface area contributed by atoms with E-state index in [0.717, 1.165) is 12.0 Å². The van der Waals surface area contributed by atoms with Crippen molar-refractivity contribution in [3.63, 3.8) is 0 Å². The van der Waals surface area contributed by atoms with E-state index >= 15 is 0 Å². The Kier molecular flexibility index (Phi) is 3.84. The van der Waals surface area contributed by atoms with Gasteiger partial charge in [-0.05, 0) is 44.0 Å². The molecule has 2 nitrogen and oxygen atoms in total. The second-order valence-corrected chi connectivity index (χ2v) is 6.06. The molecule has 0 amide bonds. The highest BCUT2D eigenvalue weighted by Crippen LogP contribution is 2.44. The predicted octanol–water partition coefficient (Wildman–Crippen LogP) is 3.98. The van der Waals surface area contributed by atoms with Gasteiger partial charge in [-0.1, -0.05) is 36.7 Å². The minimum absolute atomic E-state index is 0.0998. The predicted molar refractivity (Wildman–Crippen MR) is 81.1 cm³/mol. The van der Waals surface area contributed by atoms with Gasteiger partial charge in [0.25, 0.3) is 0 Å². The van der Waals surface area contributed by atoms with E-state index in [1.54, 1.807) is 0 Å². The molecule has 0 spiro atoms. The summed E-state index contributed by atoms with van der Waals surface area (Å²) in [6.07, 6.45) is 6.71. The summed E-state index contributed by atoms with van der Waals surface area (Å²) >= 11 is 5.95. The maximum absolute atomic E-state index is 10.6. The van der Waals surface area contributed by atoms with E-state index in [9.17, 15) is 5.11 Å². The van der Waals surface area contributed by atoms with Crippen molar-refractivity contribution < 1.29 is 5.11 Å². The maximum Gasteiger partial charge on any atom is 0.0884 e. The van der Waals surface area contributed by atoms with Crippen LogP contribution in [0.5, 0.6) is 0 Å². The normalized spacial score (nSPS) is 23.8. The van der Waals surface area contributed by atoms with Gasteiger partial charge < -0.3 is 5.11 Å². The van der Waals surface area contributed by atoms with Crippen molar-refractivity contribution >= 4 is 17.8 Å². The highest BCUT2D eigenvalue weighted by atomic mass is 35.5. The fourth-order valence-electron chi connectivity index (χ4n) is 2.98. The first-order valence-corrected chi connectivity index (χ1v) is 6.98. The van der Waals surface area contributed by atoms with E-state index in [1.165, 1.54) is 0 Å². The highest BCUT2D eigenvalue weighted by molar-refractivity contribution is 6.30. The number of hydrogen-bond acceptors (Lipinski definition) is 2. The molecule has 102 valence electrons. The van der Waals surface area contributed by atoms with Crippen molar-refractivity contribution in [3.05, 3.63) is 47.0 Å². The van der Waals surface area contributed by atoms with Crippen LogP contribution in [0, 0.1) is 0 Å². The monoisotopic (exact) mass is 277 g/mol. The number of hydrogen-bond donors (Lipinski definition) is 1. The summed E-state index contributed by atoms with van der Waals surface area (Å²) < 4.78 is 0. The van der Waals surface area contributed by atoms with E-state index in [-0.39, 0.29) is 11.5 Å². The van der Waals surface area contributed by atoms with Crippen LogP contribution in [0.4, 0.5) is 0 Å². The number of benzene rings is 1. The van der Waals surface area contributed by atoms with Crippen molar-refractivity contribution in [1.82, 2.24) is 0 Å². The number of halogens is 1. The van der Waals surface area contributed by atoms with Crippen molar-refractivity contribution in [3.8, 4) is 0 Å². The van der Waals surface area contributed by atoms with Crippen LogP contribution >= 0.6 is 11.6 Å². The lowest BCUT2D eigenvalue weighted by Crippen LogP contribution is -2.43. The molecule has 2 atom stereocenters. The summed E-state index contributed by atoms with van der Waals surface area (Å²) in [4.78, 5) is 4.62. The van der Waals surface area contributed by atoms with Crippen LogP contribution < -0.4 is 0 Å². The molecule has 0 aromatic heterocycles. The van der Waals surface area contributed by atoms with Crippen LogP contribution in [0.15, 0.2) is 41.4 Å². The molecule has 1 N–H and O–H groups in total. The van der Waals surface area contributed by atoms with Crippen molar-refractivity contribution in [1.29, 1.82) is 0 Å². The van der Waals surface area contributed by atoms with Gasteiger partial charge in [0.1, 0.15) is 0 Å². The SMILES string of the molecule is CCC1(C(c2ccc(Cl)cc2)C(C)(C)O)C=CC=N1. The van der Waals surface area contributed by atoms with Crippen molar-refractivity contribution in [2.75, 3.05) is 0 Å². The molecule has 19 heavy (non-hydrogen) atoms. The maximum atomic E-state index is 10.6. The van der Waals surface area contributed by atoms with Gasteiger partial charge in [0.05, 0.1) is 11.1 Å². The van der Waals surface area contributed by atoms with Crippen molar-refractivity contribution in [2.24, 2.45) is 4.99 Å². The van der Waals surface area contributed by atoms with E-state index in [1.807, 2.05) is 50.4 Å². The van der Waals surface area contributed by atoms with E-state index in [0.29, 0.717) is 5.02 Å². The van der Waals surface area contributed by atoms with Gasteiger partial charge in [-0.25, -0.2) is 0 Å². The number of aliphatic imine (C=N–C) groups is 1. The fourth-order valence-corrected chi connectivity index (χ4v) is 3.11. The quantitative estimate of drug-likeness (QED) is 0.887. The molecular weight excluding hydrogens is 258 g/mol. The zero-order valence-electron chi connectivity index (χ0n) is 11.6. The Labute approximate surface area is 119 Å². The Hall–Kier alpha value is -1.12. The molecule has 1 aliphatic rings. The topological polar surface area (TPSA) is 32.6 Å². The smallest absolute Gasteiger partial charge is 0.0884 e.